The molecule has 1 aromatic carbocycles. The van der Waals surface area contributed by atoms with E-state index in [0.717, 1.165) is 28.9 Å². The minimum absolute atomic E-state index is 0.322. The molecule has 3 rings (SSSR count). The molecular weight excluding hydrogens is 374 g/mol. The van der Waals surface area contributed by atoms with Gasteiger partial charge in [-0.15, -0.1) is 0 Å². The Morgan fingerprint density at radius 1 is 1.23 bits per heavy atom. The van der Waals surface area contributed by atoms with Crippen molar-refractivity contribution in [2.75, 3.05) is 18.4 Å². The minimum atomic E-state index is -0.404. The number of nitrogens with zero attached hydrogens (tertiary/aromatic N) is 2. The predicted octanol–water partition coefficient (Wildman–Crippen LogP) is 2.66. The molecule has 0 radical (unpaired) electrons. The van der Waals surface area contributed by atoms with Crippen molar-refractivity contribution in [3.63, 3.8) is 0 Å². The molecular formula is C17H16ClN5O2S. The van der Waals surface area contributed by atoms with Crippen molar-refractivity contribution >= 4 is 46.5 Å². The number of anilines is 1. The van der Waals surface area contributed by atoms with E-state index in [1.165, 1.54) is 0 Å². The maximum Gasteiger partial charge on any atom is 0.290 e. The van der Waals surface area contributed by atoms with E-state index in [2.05, 4.69) is 25.9 Å². The van der Waals surface area contributed by atoms with Gasteiger partial charge in [-0.3, -0.25) is 14.9 Å². The molecule has 2 aromatic rings. The van der Waals surface area contributed by atoms with E-state index < -0.39 is 5.91 Å². The lowest BCUT2D eigenvalue weighted by atomic mass is 10.2. The van der Waals surface area contributed by atoms with Crippen LogP contribution in [0.2, 0.25) is 5.02 Å². The summed E-state index contributed by atoms with van der Waals surface area (Å²) in [4.78, 5) is 31.5. The van der Waals surface area contributed by atoms with Gasteiger partial charge in [-0.2, -0.15) is 0 Å². The van der Waals surface area contributed by atoms with Gasteiger partial charge in [0.15, 0.2) is 0 Å². The van der Waals surface area contributed by atoms with Crippen molar-refractivity contribution in [2.24, 2.45) is 0 Å². The average Bonchev–Trinajstić information content (AvgIpc) is 2.92. The van der Waals surface area contributed by atoms with Crippen LogP contribution in [0.25, 0.3) is 6.08 Å². The van der Waals surface area contributed by atoms with Crippen LogP contribution in [0.4, 0.5) is 10.7 Å². The molecule has 1 aliphatic rings. The maximum atomic E-state index is 11.6. The number of amides is 2. The van der Waals surface area contributed by atoms with Crippen LogP contribution in [0.5, 0.6) is 0 Å². The van der Waals surface area contributed by atoms with Crippen LogP contribution in [0, 0.1) is 0 Å². The number of aromatic nitrogens is 2. The molecule has 0 saturated carbocycles. The van der Waals surface area contributed by atoms with Crippen LogP contribution >= 0.6 is 23.4 Å². The third kappa shape index (κ3) is 5.29. The number of imide groups is 1. The fourth-order valence-corrected chi connectivity index (χ4v) is 3.12. The lowest BCUT2D eigenvalue weighted by molar-refractivity contribution is -0.115. The predicted molar refractivity (Wildman–Crippen MR) is 103 cm³/mol. The third-order valence-electron chi connectivity index (χ3n) is 3.40. The SMILES string of the molecule is O=C1NC(=O)C(=Cc2ccnc(NCCNCc3cccc(Cl)c3)n2)S1. The van der Waals surface area contributed by atoms with Crippen molar-refractivity contribution in [2.45, 2.75) is 6.54 Å². The third-order valence-corrected chi connectivity index (χ3v) is 4.45. The summed E-state index contributed by atoms with van der Waals surface area (Å²) in [6.45, 7) is 2.07. The molecule has 134 valence electrons. The number of rotatable bonds is 7. The van der Waals surface area contributed by atoms with E-state index in [1.807, 2.05) is 24.3 Å². The number of benzene rings is 1. The molecule has 1 fully saturated rings. The van der Waals surface area contributed by atoms with Crippen molar-refractivity contribution in [3.05, 3.63) is 57.7 Å². The molecule has 0 atom stereocenters. The standard InChI is InChI=1S/C17H16ClN5O2S/c18-12-3-1-2-11(8-12)10-19-6-7-21-16-20-5-4-13(22-16)9-14-15(24)23-17(25)26-14/h1-5,8-9,19H,6-7,10H2,(H,20,21,22)(H,23,24,25). The van der Waals surface area contributed by atoms with Crippen LogP contribution in [0.3, 0.4) is 0 Å². The van der Waals surface area contributed by atoms with Gasteiger partial charge in [-0.05, 0) is 41.6 Å². The van der Waals surface area contributed by atoms with E-state index in [9.17, 15) is 9.59 Å². The normalized spacial score (nSPS) is 15.3. The minimum Gasteiger partial charge on any atom is -0.353 e. The number of carbonyl (C=O) groups excluding carboxylic acids is 2. The van der Waals surface area contributed by atoms with E-state index in [-0.39, 0.29) is 5.24 Å². The number of hydrogen-bond acceptors (Lipinski definition) is 7. The maximum absolute atomic E-state index is 11.6. The second-order valence-electron chi connectivity index (χ2n) is 5.39. The zero-order valence-electron chi connectivity index (χ0n) is 13.7. The topological polar surface area (TPSA) is 96.0 Å². The molecule has 1 aliphatic heterocycles. The summed E-state index contributed by atoms with van der Waals surface area (Å²) >= 11 is 6.81. The lowest BCUT2D eigenvalue weighted by Crippen LogP contribution is -2.22. The van der Waals surface area contributed by atoms with Gasteiger partial charge in [0.25, 0.3) is 11.1 Å². The summed E-state index contributed by atoms with van der Waals surface area (Å²) in [6, 6.07) is 9.36. The summed E-state index contributed by atoms with van der Waals surface area (Å²) < 4.78 is 0. The summed E-state index contributed by atoms with van der Waals surface area (Å²) in [7, 11) is 0. The highest BCUT2D eigenvalue weighted by Gasteiger charge is 2.25. The van der Waals surface area contributed by atoms with E-state index in [4.69, 9.17) is 11.6 Å². The first-order chi connectivity index (χ1) is 12.6. The molecule has 3 N–H and O–H groups in total. The fourth-order valence-electron chi connectivity index (χ4n) is 2.24. The van der Waals surface area contributed by atoms with Crippen molar-refractivity contribution < 1.29 is 9.59 Å². The number of nitrogens with one attached hydrogen (secondary N) is 3. The van der Waals surface area contributed by atoms with Gasteiger partial charge in [0.05, 0.1) is 10.6 Å². The highest BCUT2D eigenvalue weighted by Crippen LogP contribution is 2.25. The van der Waals surface area contributed by atoms with Gasteiger partial charge >= 0.3 is 0 Å². The summed E-state index contributed by atoms with van der Waals surface area (Å²) in [5.74, 6) is 0.0528. The highest BCUT2D eigenvalue weighted by molar-refractivity contribution is 8.18. The van der Waals surface area contributed by atoms with Crippen molar-refractivity contribution in [1.29, 1.82) is 0 Å². The quantitative estimate of drug-likeness (QED) is 0.494. The van der Waals surface area contributed by atoms with Gasteiger partial charge in [-0.1, -0.05) is 23.7 Å². The number of thioether (sulfide) groups is 1. The average molecular weight is 390 g/mol. The molecule has 2 heterocycles. The Balaban J connectivity index is 1.47. The monoisotopic (exact) mass is 389 g/mol. The Labute approximate surface area is 159 Å². The Kier molecular flexibility index (Phi) is 6.21. The molecule has 2 amide bonds. The molecule has 0 aliphatic carbocycles. The van der Waals surface area contributed by atoms with Crippen LogP contribution < -0.4 is 16.0 Å². The van der Waals surface area contributed by atoms with Crippen LogP contribution in [0.15, 0.2) is 41.4 Å². The Morgan fingerprint density at radius 3 is 2.88 bits per heavy atom. The van der Waals surface area contributed by atoms with Gasteiger partial charge in [0, 0.05) is 30.9 Å². The van der Waals surface area contributed by atoms with Crippen molar-refractivity contribution in [3.8, 4) is 0 Å². The number of hydrogen-bond donors (Lipinski definition) is 3. The molecule has 9 heteroatoms. The first-order valence-corrected chi connectivity index (χ1v) is 9.06. The van der Waals surface area contributed by atoms with Crippen LogP contribution in [-0.2, 0) is 11.3 Å². The zero-order valence-corrected chi connectivity index (χ0v) is 15.2. The van der Waals surface area contributed by atoms with Crippen molar-refractivity contribution in [1.82, 2.24) is 20.6 Å². The second-order valence-corrected chi connectivity index (χ2v) is 6.84. The zero-order chi connectivity index (χ0) is 18.4. The summed E-state index contributed by atoms with van der Waals surface area (Å²) in [5.41, 5.74) is 1.67. The fraction of sp³-hybridized carbons (Fsp3) is 0.176. The molecule has 0 bridgehead atoms. The lowest BCUT2D eigenvalue weighted by Gasteiger charge is -2.07. The first-order valence-electron chi connectivity index (χ1n) is 7.87. The second kappa shape index (κ2) is 8.79. The van der Waals surface area contributed by atoms with Gasteiger partial charge in [0.1, 0.15) is 0 Å². The Morgan fingerprint density at radius 2 is 2.12 bits per heavy atom. The largest absolute Gasteiger partial charge is 0.353 e. The van der Waals surface area contributed by atoms with Gasteiger partial charge in [0.2, 0.25) is 5.95 Å². The smallest absolute Gasteiger partial charge is 0.290 e. The van der Waals surface area contributed by atoms with E-state index in [1.54, 1.807) is 18.3 Å². The summed E-state index contributed by atoms with van der Waals surface area (Å²) in [6.07, 6.45) is 3.16. The Hall–Kier alpha value is -2.42. The summed E-state index contributed by atoms with van der Waals surface area (Å²) in [5, 5.41) is 8.97. The van der Waals surface area contributed by atoms with Gasteiger partial charge in [-0.25, -0.2) is 9.97 Å². The molecule has 7 nitrogen and oxygen atoms in total. The molecule has 26 heavy (non-hydrogen) atoms. The van der Waals surface area contributed by atoms with Gasteiger partial charge < -0.3 is 10.6 Å². The van der Waals surface area contributed by atoms with E-state index in [0.29, 0.717) is 29.6 Å². The molecule has 0 spiro atoms. The molecule has 1 aromatic heterocycles. The number of halogens is 1. The van der Waals surface area contributed by atoms with E-state index >= 15 is 0 Å². The molecule has 0 unspecified atom stereocenters. The first kappa shape index (κ1) is 18.4. The Bertz CT molecular complexity index is 859. The highest BCUT2D eigenvalue weighted by atomic mass is 35.5. The van der Waals surface area contributed by atoms with Crippen LogP contribution in [0.1, 0.15) is 11.3 Å². The number of carbonyl (C=O) groups is 2. The molecule has 1 saturated heterocycles. The van der Waals surface area contributed by atoms with Crippen LogP contribution in [-0.4, -0.2) is 34.2 Å².